The maximum absolute atomic E-state index is 13.8. The second-order valence-corrected chi connectivity index (χ2v) is 12.8. The highest BCUT2D eigenvalue weighted by Gasteiger charge is 2.50. The van der Waals surface area contributed by atoms with Crippen molar-refractivity contribution in [3.8, 4) is 22.3 Å². The molecule has 0 saturated carbocycles. The number of rotatable bonds is 9. The molecule has 0 aromatic heterocycles. The van der Waals surface area contributed by atoms with E-state index in [2.05, 4.69) is 0 Å². The molecule has 0 atom stereocenters. The molecule has 0 spiro atoms. The molecule has 0 aliphatic carbocycles. The highest BCUT2D eigenvalue weighted by Crippen LogP contribution is 2.59. The van der Waals surface area contributed by atoms with Crippen LogP contribution in [0.3, 0.4) is 0 Å². The second-order valence-electron chi connectivity index (χ2n) is 8.61. The Kier molecular flexibility index (Phi) is 8.40. The lowest BCUT2D eigenvalue weighted by Gasteiger charge is -2.18. The van der Waals surface area contributed by atoms with Crippen LogP contribution in [0.4, 0.5) is 8.78 Å². The van der Waals surface area contributed by atoms with Gasteiger partial charge in [0.15, 0.2) is 0 Å². The predicted octanol–water partition coefficient (Wildman–Crippen LogP) is 6.48. The molecular formula is C27H24F2O6P2S. The van der Waals surface area contributed by atoms with Gasteiger partial charge in [0, 0.05) is 17.1 Å². The van der Waals surface area contributed by atoms with E-state index in [0.29, 0.717) is 22.6 Å². The van der Waals surface area contributed by atoms with E-state index in [1.807, 2.05) is 48.5 Å². The molecule has 4 rings (SSSR count). The van der Waals surface area contributed by atoms with Crippen molar-refractivity contribution in [1.29, 1.82) is 0 Å². The normalized spacial score (nSPS) is 12.5. The molecule has 0 aliphatic rings. The van der Waals surface area contributed by atoms with Crippen molar-refractivity contribution in [3.63, 3.8) is 0 Å². The van der Waals surface area contributed by atoms with Gasteiger partial charge in [0.05, 0.1) is 5.30 Å². The third-order valence-corrected chi connectivity index (χ3v) is 8.95. The Morgan fingerprint density at radius 2 is 1.18 bits per heavy atom. The van der Waals surface area contributed by atoms with E-state index < -0.39 is 26.4 Å². The van der Waals surface area contributed by atoms with Gasteiger partial charge in [0.25, 0.3) is 0 Å². The zero-order valence-corrected chi connectivity index (χ0v) is 22.4. The summed E-state index contributed by atoms with van der Waals surface area (Å²) in [7, 11) is -10.1. The first-order chi connectivity index (χ1) is 17.9. The van der Waals surface area contributed by atoms with E-state index in [9.17, 15) is 27.7 Å². The van der Waals surface area contributed by atoms with Crippen molar-refractivity contribution in [3.05, 3.63) is 114 Å². The number of thioether (sulfide) groups is 1. The minimum atomic E-state index is -5.60. The van der Waals surface area contributed by atoms with Gasteiger partial charge < -0.3 is 19.6 Å². The van der Waals surface area contributed by atoms with Gasteiger partial charge in [-0.3, -0.25) is 9.13 Å². The Morgan fingerprint density at radius 3 is 1.71 bits per heavy atom. The second kappa shape index (κ2) is 11.2. The fraction of sp³-hybridized carbons (Fsp3) is 0.111. The van der Waals surface area contributed by atoms with Crippen molar-refractivity contribution in [2.75, 3.05) is 0 Å². The minimum Gasteiger partial charge on any atom is -0.321 e. The number of halogens is 2. The Bertz CT molecular complexity index is 1500. The summed E-state index contributed by atoms with van der Waals surface area (Å²) in [6.45, 7) is 0. The first kappa shape index (κ1) is 28.4. The molecule has 0 unspecified atom stereocenters. The average Bonchev–Trinajstić information content (AvgIpc) is 2.88. The summed E-state index contributed by atoms with van der Waals surface area (Å²) < 4.78 is 50.8. The quantitative estimate of drug-likeness (QED) is 0.169. The molecule has 0 amide bonds. The summed E-state index contributed by atoms with van der Waals surface area (Å²) in [6, 6.07) is 26.6. The van der Waals surface area contributed by atoms with Crippen molar-refractivity contribution in [2.45, 2.75) is 17.2 Å². The summed E-state index contributed by atoms with van der Waals surface area (Å²) in [6.07, 6.45) is 0. The molecular weight excluding hydrogens is 552 g/mol. The first-order valence-corrected chi connectivity index (χ1v) is 15.7. The third-order valence-electron chi connectivity index (χ3n) is 5.89. The van der Waals surface area contributed by atoms with Crippen molar-refractivity contribution in [1.82, 2.24) is 0 Å². The molecule has 0 saturated heterocycles. The molecule has 4 aromatic rings. The molecule has 38 heavy (non-hydrogen) atoms. The zero-order valence-electron chi connectivity index (χ0n) is 19.8. The van der Waals surface area contributed by atoms with Gasteiger partial charge in [0.2, 0.25) is 0 Å². The Balaban J connectivity index is 1.43. The third kappa shape index (κ3) is 6.50. The summed E-state index contributed by atoms with van der Waals surface area (Å²) in [5, 5.41) is -0.0367. The van der Waals surface area contributed by atoms with Crippen molar-refractivity contribution in [2.24, 2.45) is 0 Å². The minimum absolute atomic E-state index is 0.0367. The standard InChI is InChI=1S/C27H24F2O6P2S/c28-27(29,37(33,34)35)24-13-8-20(9-14-24)18-38-17-19-6-10-21(11-7-19)23-12-15-25(22-4-2-1-3-5-22)26(16-23)36(30,31)32/h1-16H,17-18H2,(H2,30,31,32)(H2,33,34,35). The molecule has 0 bridgehead atoms. The van der Waals surface area contributed by atoms with Crippen LogP contribution in [0, 0.1) is 0 Å². The SMILES string of the molecule is O=P(O)(O)c1cc(-c2ccc(CSCc3ccc(C(F)(F)P(=O)(O)O)cc3)cc2)ccc1-c1ccccc1. The van der Waals surface area contributed by atoms with Crippen LogP contribution < -0.4 is 5.30 Å². The van der Waals surface area contributed by atoms with Crippen LogP contribution in [0.25, 0.3) is 22.3 Å². The highest BCUT2D eigenvalue weighted by molar-refractivity contribution is 7.97. The summed E-state index contributed by atoms with van der Waals surface area (Å²) in [5.74, 6) is 1.14. The van der Waals surface area contributed by atoms with Gasteiger partial charge in [-0.1, -0.05) is 91.0 Å². The number of hydrogen-bond acceptors (Lipinski definition) is 3. The average molecular weight is 576 g/mol. The van der Waals surface area contributed by atoms with Gasteiger partial charge in [0.1, 0.15) is 0 Å². The Morgan fingerprint density at radius 1 is 0.658 bits per heavy atom. The van der Waals surface area contributed by atoms with E-state index in [0.717, 1.165) is 34.4 Å². The van der Waals surface area contributed by atoms with Crippen LogP contribution in [0.2, 0.25) is 0 Å². The lowest BCUT2D eigenvalue weighted by molar-refractivity contribution is 0.0564. The topological polar surface area (TPSA) is 115 Å². The van der Waals surface area contributed by atoms with Crippen LogP contribution >= 0.6 is 27.0 Å². The molecule has 4 N–H and O–H groups in total. The molecule has 11 heteroatoms. The zero-order chi connectivity index (χ0) is 27.6. The van der Waals surface area contributed by atoms with Crippen LogP contribution in [0.1, 0.15) is 16.7 Å². The number of hydrogen-bond donors (Lipinski definition) is 4. The summed E-state index contributed by atoms with van der Waals surface area (Å²) in [5.41, 5.74) is -0.546. The van der Waals surface area contributed by atoms with E-state index >= 15 is 0 Å². The molecule has 0 aliphatic heterocycles. The fourth-order valence-corrected chi connectivity index (χ4v) is 6.13. The highest BCUT2D eigenvalue weighted by atomic mass is 32.2. The van der Waals surface area contributed by atoms with Crippen LogP contribution in [-0.4, -0.2) is 19.6 Å². The Hall–Kier alpha value is -2.61. The van der Waals surface area contributed by atoms with Gasteiger partial charge in [-0.2, -0.15) is 20.5 Å². The van der Waals surface area contributed by atoms with Crippen LogP contribution in [0.5, 0.6) is 0 Å². The monoisotopic (exact) mass is 576 g/mol. The maximum atomic E-state index is 13.8. The molecule has 0 radical (unpaired) electrons. The van der Waals surface area contributed by atoms with Gasteiger partial charge in [-0.25, -0.2) is 0 Å². The first-order valence-electron chi connectivity index (χ1n) is 11.3. The van der Waals surface area contributed by atoms with Crippen molar-refractivity contribution >= 4 is 32.3 Å². The Labute approximate surface area is 222 Å². The molecule has 0 heterocycles. The van der Waals surface area contributed by atoms with E-state index in [1.165, 1.54) is 18.2 Å². The van der Waals surface area contributed by atoms with E-state index in [4.69, 9.17) is 9.79 Å². The predicted molar refractivity (Wildman–Crippen MR) is 146 cm³/mol. The van der Waals surface area contributed by atoms with Gasteiger partial charge >= 0.3 is 20.9 Å². The van der Waals surface area contributed by atoms with Crippen LogP contribution in [-0.2, 0) is 26.3 Å². The fourth-order valence-electron chi connectivity index (χ4n) is 3.86. The molecule has 0 fully saturated rings. The number of benzene rings is 4. The lowest BCUT2D eigenvalue weighted by Crippen LogP contribution is -2.13. The van der Waals surface area contributed by atoms with E-state index in [-0.39, 0.29) is 5.30 Å². The lowest BCUT2D eigenvalue weighted by atomic mass is 9.99. The largest absolute Gasteiger partial charge is 0.399 e. The van der Waals surface area contributed by atoms with E-state index in [1.54, 1.807) is 30.0 Å². The number of alkyl halides is 2. The molecule has 4 aromatic carbocycles. The van der Waals surface area contributed by atoms with Crippen molar-refractivity contribution < 1.29 is 37.5 Å². The smallest absolute Gasteiger partial charge is 0.321 e. The maximum Gasteiger partial charge on any atom is 0.399 e. The van der Waals surface area contributed by atoms with Crippen LogP contribution in [0.15, 0.2) is 97.1 Å². The summed E-state index contributed by atoms with van der Waals surface area (Å²) >= 11 is 1.54. The molecule has 198 valence electrons. The molecule has 6 nitrogen and oxygen atoms in total. The van der Waals surface area contributed by atoms with Gasteiger partial charge in [-0.15, -0.1) is 0 Å². The summed E-state index contributed by atoms with van der Waals surface area (Å²) in [4.78, 5) is 37.6. The van der Waals surface area contributed by atoms with Gasteiger partial charge in [-0.05, 0) is 39.4 Å².